The Morgan fingerprint density at radius 2 is 2.04 bits per heavy atom. The van der Waals surface area contributed by atoms with Gasteiger partial charge < -0.3 is 10.3 Å². The van der Waals surface area contributed by atoms with Gasteiger partial charge in [0.2, 0.25) is 5.91 Å². The molecule has 7 heteroatoms. The number of nitrogens with one attached hydrogen (secondary N) is 2. The number of aryl methyl sites for hydroxylation is 3. The molecule has 2 aromatic heterocycles. The molecule has 1 aromatic carbocycles. The van der Waals surface area contributed by atoms with Crippen molar-refractivity contribution in [3.63, 3.8) is 0 Å². The van der Waals surface area contributed by atoms with Gasteiger partial charge in [-0.05, 0) is 44.2 Å². The number of H-pyrrole nitrogens is 1. The third kappa shape index (κ3) is 3.67. The molecule has 0 aliphatic heterocycles. The number of thiazole rings is 1. The van der Waals surface area contributed by atoms with Crippen molar-refractivity contribution in [3.05, 3.63) is 51.0 Å². The Balaban J connectivity index is 1.33. The Labute approximate surface area is 154 Å². The van der Waals surface area contributed by atoms with Gasteiger partial charge in [0.15, 0.2) is 5.13 Å². The lowest BCUT2D eigenvalue weighted by molar-refractivity contribution is -0.116. The second kappa shape index (κ2) is 7.37. The number of rotatable bonds is 5. The van der Waals surface area contributed by atoms with Gasteiger partial charge in [-0.15, -0.1) is 11.3 Å². The van der Waals surface area contributed by atoms with Crippen molar-refractivity contribution in [2.75, 3.05) is 5.32 Å². The van der Waals surface area contributed by atoms with Crippen molar-refractivity contribution in [1.29, 1.82) is 0 Å². The molecule has 0 fully saturated rings. The highest BCUT2D eigenvalue weighted by molar-refractivity contribution is 7.15. The van der Waals surface area contributed by atoms with Crippen molar-refractivity contribution in [1.82, 2.24) is 15.0 Å². The first kappa shape index (κ1) is 16.9. The highest BCUT2D eigenvalue weighted by Crippen LogP contribution is 2.29. The second-order valence-electron chi connectivity index (χ2n) is 6.53. The van der Waals surface area contributed by atoms with Gasteiger partial charge in [-0.1, -0.05) is 12.1 Å². The number of carbonyl (C=O) groups excluding carboxylic acids is 1. The van der Waals surface area contributed by atoms with Crippen LogP contribution in [0.2, 0.25) is 0 Å². The van der Waals surface area contributed by atoms with E-state index in [9.17, 15) is 9.59 Å². The molecule has 0 saturated carbocycles. The Morgan fingerprint density at radius 1 is 1.19 bits per heavy atom. The summed E-state index contributed by atoms with van der Waals surface area (Å²) in [6.45, 7) is 0. The standard InChI is InChI=1S/C19H20N4O2S/c24-17(23-19-21-14-8-3-4-9-15(14)26-19)11-5-10-16-20-13-7-2-1-6-12(13)18(25)22-16/h1-2,6-7H,3-5,8-11H2,(H,20,22,25)(H,21,23,24). The number of aromatic nitrogens is 3. The van der Waals surface area contributed by atoms with Gasteiger partial charge in [-0.2, -0.15) is 0 Å². The first-order valence-electron chi connectivity index (χ1n) is 8.95. The summed E-state index contributed by atoms with van der Waals surface area (Å²) >= 11 is 1.59. The minimum atomic E-state index is -0.136. The van der Waals surface area contributed by atoms with Gasteiger partial charge in [0.1, 0.15) is 5.82 Å². The van der Waals surface area contributed by atoms with Crippen LogP contribution in [-0.4, -0.2) is 20.9 Å². The van der Waals surface area contributed by atoms with Crippen LogP contribution in [0.3, 0.4) is 0 Å². The highest BCUT2D eigenvalue weighted by Gasteiger charge is 2.16. The van der Waals surface area contributed by atoms with E-state index in [1.54, 1.807) is 17.4 Å². The summed E-state index contributed by atoms with van der Waals surface area (Å²) in [7, 11) is 0. The topological polar surface area (TPSA) is 87.7 Å². The molecule has 0 bridgehead atoms. The lowest BCUT2D eigenvalue weighted by Crippen LogP contribution is -2.14. The predicted octanol–water partition coefficient (Wildman–Crippen LogP) is 3.22. The van der Waals surface area contributed by atoms with Gasteiger partial charge in [-0.25, -0.2) is 9.97 Å². The lowest BCUT2D eigenvalue weighted by atomic mass is 10.0. The third-order valence-electron chi connectivity index (χ3n) is 4.57. The van der Waals surface area contributed by atoms with Crippen LogP contribution in [0.5, 0.6) is 0 Å². The zero-order valence-corrected chi connectivity index (χ0v) is 15.2. The van der Waals surface area contributed by atoms with Crippen molar-refractivity contribution in [2.45, 2.75) is 44.9 Å². The van der Waals surface area contributed by atoms with Gasteiger partial charge in [0.05, 0.1) is 16.6 Å². The molecule has 1 aliphatic rings. The predicted molar refractivity (Wildman–Crippen MR) is 103 cm³/mol. The Bertz CT molecular complexity index is 985. The lowest BCUT2D eigenvalue weighted by Gasteiger charge is -2.06. The van der Waals surface area contributed by atoms with E-state index in [4.69, 9.17) is 0 Å². The molecular formula is C19H20N4O2S. The van der Waals surface area contributed by atoms with Crippen LogP contribution in [0.15, 0.2) is 29.1 Å². The summed E-state index contributed by atoms with van der Waals surface area (Å²) in [6, 6.07) is 7.26. The third-order valence-corrected chi connectivity index (χ3v) is 5.64. The van der Waals surface area contributed by atoms with Crippen LogP contribution in [0, 0.1) is 0 Å². The first-order chi connectivity index (χ1) is 12.7. The SMILES string of the molecule is O=C(CCCc1nc2ccccc2c(=O)[nH]1)Nc1nc2c(s1)CCCC2. The van der Waals surface area contributed by atoms with E-state index in [0.29, 0.717) is 41.1 Å². The quantitative estimate of drug-likeness (QED) is 0.724. The Kier molecular flexibility index (Phi) is 4.79. The molecule has 3 aromatic rings. The number of nitrogens with zero attached hydrogens (tertiary/aromatic N) is 2. The van der Waals surface area contributed by atoms with E-state index < -0.39 is 0 Å². The molecule has 0 radical (unpaired) electrons. The number of anilines is 1. The second-order valence-corrected chi connectivity index (χ2v) is 7.61. The maximum atomic E-state index is 12.2. The fourth-order valence-electron chi connectivity index (χ4n) is 3.26. The average molecular weight is 368 g/mol. The zero-order chi connectivity index (χ0) is 17.9. The number of hydrogen-bond acceptors (Lipinski definition) is 5. The first-order valence-corrected chi connectivity index (χ1v) is 9.77. The maximum absolute atomic E-state index is 12.2. The summed E-state index contributed by atoms with van der Waals surface area (Å²) in [5.41, 5.74) is 1.70. The van der Waals surface area contributed by atoms with Gasteiger partial charge in [0, 0.05) is 17.7 Å². The van der Waals surface area contributed by atoms with Crippen molar-refractivity contribution in [2.24, 2.45) is 0 Å². The van der Waals surface area contributed by atoms with Crippen LogP contribution in [-0.2, 0) is 24.1 Å². The number of hydrogen-bond donors (Lipinski definition) is 2. The summed E-state index contributed by atoms with van der Waals surface area (Å²) in [4.78, 5) is 37.3. The summed E-state index contributed by atoms with van der Waals surface area (Å²) in [6.07, 6.45) is 6.04. The molecule has 1 aliphatic carbocycles. The fraction of sp³-hybridized carbons (Fsp3) is 0.368. The number of amides is 1. The number of carbonyl (C=O) groups is 1. The minimum absolute atomic E-state index is 0.0424. The van der Waals surface area contributed by atoms with E-state index in [1.165, 1.54) is 17.7 Å². The molecule has 0 atom stereocenters. The van der Waals surface area contributed by atoms with Crippen molar-refractivity contribution >= 4 is 33.3 Å². The molecule has 26 heavy (non-hydrogen) atoms. The molecule has 6 nitrogen and oxygen atoms in total. The highest BCUT2D eigenvalue weighted by atomic mass is 32.1. The molecule has 0 spiro atoms. The van der Waals surface area contributed by atoms with E-state index in [0.717, 1.165) is 18.5 Å². The van der Waals surface area contributed by atoms with E-state index in [-0.39, 0.29) is 11.5 Å². The largest absolute Gasteiger partial charge is 0.310 e. The van der Waals surface area contributed by atoms with Gasteiger partial charge >= 0.3 is 0 Å². The Morgan fingerprint density at radius 3 is 2.92 bits per heavy atom. The van der Waals surface area contributed by atoms with Crippen molar-refractivity contribution in [3.8, 4) is 0 Å². The van der Waals surface area contributed by atoms with E-state index >= 15 is 0 Å². The van der Waals surface area contributed by atoms with Crippen LogP contribution in [0.1, 0.15) is 42.1 Å². The number of fused-ring (bicyclic) bond motifs is 2. The van der Waals surface area contributed by atoms with Crippen LogP contribution in [0.4, 0.5) is 5.13 Å². The molecule has 0 unspecified atom stereocenters. The van der Waals surface area contributed by atoms with Crippen molar-refractivity contribution < 1.29 is 4.79 Å². The minimum Gasteiger partial charge on any atom is -0.310 e. The van der Waals surface area contributed by atoms with Crippen LogP contribution in [0.25, 0.3) is 10.9 Å². The molecule has 134 valence electrons. The molecule has 2 N–H and O–H groups in total. The molecule has 4 rings (SSSR count). The molecule has 1 amide bonds. The van der Waals surface area contributed by atoms with E-state index in [1.807, 2.05) is 18.2 Å². The molecular weight excluding hydrogens is 348 g/mol. The van der Waals surface area contributed by atoms with E-state index in [2.05, 4.69) is 20.3 Å². The zero-order valence-electron chi connectivity index (χ0n) is 14.4. The maximum Gasteiger partial charge on any atom is 0.258 e. The van der Waals surface area contributed by atoms with Crippen LogP contribution >= 0.6 is 11.3 Å². The summed E-state index contributed by atoms with van der Waals surface area (Å²) in [5, 5.41) is 4.20. The summed E-state index contributed by atoms with van der Waals surface area (Å²) < 4.78 is 0. The fourth-order valence-corrected chi connectivity index (χ4v) is 4.32. The average Bonchev–Trinajstić information content (AvgIpc) is 3.04. The summed E-state index contributed by atoms with van der Waals surface area (Å²) in [5.74, 6) is 0.574. The number of para-hydroxylation sites is 1. The number of benzene rings is 1. The molecule has 2 heterocycles. The normalized spacial score (nSPS) is 13.5. The number of aromatic amines is 1. The molecule has 0 saturated heterocycles. The van der Waals surface area contributed by atoms with Gasteiger partial charge in [0.25, 0.3) is 5.56 Å². The Hall–Kier alpha value is -2.54. The smallest absolute Gasteiger partial charge is 0.258 e. The van der Waals surface area contributed by atoms with Crippen LogP contribution < -0.4 is 10.9 Å². The van der Waals surface area contributed by atoms with Gasteiger partial charge in [-0.3, -0.25) is 9.59 Å². The monoisotopic (exact) mass is 368 g/mol.